The minimum Gasteiger partial charge on any atom is -0.325 e. The maximum atomic E-state index is 11.9. The van der Waals surface area contributed by atoms with Crippen LogP contribution in [0.25, 0.3) is 0 Å². The minimum atomic E-state index is -0.0714. The maximum Gasteiger partial charge on any atom is 0.234 e. The summed E-state index contributed by atoms with van der Waals surface area (Å²) in [7, 11) is 1.84. The lowest BCUT2D eigenvalue weighted by atomic mass is 10.2. The first-order chi connectivity index (χ1) is 9.60. The van der Waals surface area contributed by atoms with Crippen LogP contribution in [0.2, 0.25) is 0 Å². The lowest BCUT2D eigenvalue weighted by Gasteiger charge is -2.06. The Morgan fingerprint density at radius 1 is 1.45 bits per heavy atom. The standard InChI is InChI=1S/C13H17N5OS/c1-9-4-3-5-10(6-9)15-12(19)8-20-13-17-16-11(7-14)18(13)2/h3-6H,7-8,14H2,1-2H3,(H,15,19). The molecule has 20 heavy (non-hydrogen) atoms. The van der Waals surface area contributed by atoms with E-state index in [1.165, 1.54) is 11.8 Å². The number of nitrogens with two attached hydrogens (primary N) is 1. The number of benzene rings is 1. The molecule has 1 heterocycles. The topological polar surface area (TPSA) is 85.8 Å². The number of carbonyl (C=O) groups is 1. The molecule has 0 unspecified atom stereocenters. The van der Waals surface area contributed by atoms with E-state index in [9.17, 15) is 4.79 Å². The summed E-state index contributed by atoms with van der Waals surface area (Å²) in [6.45, 7) is 2.32. The number of hydrogen-bond donors (Lipinski definition) is 2. The molecule has 0 saturated carbocycles. The monoisotopic (exact) mass is 291 g/mol. The number of aryl methyl sites for hydroxylation is 1. The predicted octanol–water partition coefficient (Wildman–Crippen LogP) is 1.31. The summed E-state index contributed by atoms with van der Waals surface area (Å²) in [4.78, 5) is 11.9. The molecule has 1 aromatic carbocycles. The molecule has 0 aliphatic heterocycles. The molecule has 0 bridgehead atoms. The van der Waals surface area contributed by atoms with E-state index in [1.54, 1.807) is 4.57 Å². The summed E-state index contributed by atoms with van der Waals surface area (Å²) >= 11 is 1.34. The van der Waals surface area contributed by atoms with E-state index >= 15 is 0 Å². The average molecular weight is 291 g/mol. The van der Waals surface area contributed by atoms with Crippen molar-refractivity contribution in [2.45, 2.75) is 18.6 Å². The number of thioether (sulfide) groups is 1. The Balaban J connectivity index is 1.90. The van der Waals surface area contributed by atoms with Crippen molar-refractivity contribution in [2.24, 2.45) is 12.8 Å². The van der Waals surface area contributed by atoms with Crippen molar-refractivity contribution in [2.75, 3.05) is 11.1 Å². The summed E-state index contributed by atoms with van der Waals surface area (Å²) in [6.07, 6.45) is 0. The van der Waals surface area contributed by atoms with E-state index < -0.39 is 0 Å². The van der Waals surface area contributed by atoms with Crippen LogP contribution in [0.4, 0.5) is 5.69 Å². The fourth-order valence-electron chi connectivity index (χ4n) is 1.70. The van der Waals surface area contributed by atoms with Crippen molar-refractivity contribution in [3.63, 3.8) is 0 Å². The van der Waals surface area contributed by atoms with Crippen LogP contribution in [-0.4, -0.2) is 26.4 Å². The second-order valence-electron chi connectivity index (χ2n) is 4.37. The Morgan fingerprint density at radius 3 is 2.90 bits per heavy atom. The molecule has 2 aromatic rings. The molecular formula is C13H17N5OS. The molecule has 0 aliphatic carbocycles. The molecular weight excluding hydrogens is 274 g/mol. The van der Waals surface area contributed by atoms with E-state index in [1.807, 2.05) is 38.2 Å². The molecule has 7 heteroatoms. The summed E-state index contributed by atoms with van der Waals surface area (Å²) < 4.78 is 1.80. The van der Waals surface area contributed by atoms with E-state index in [0.717, 1.165) is 11.3 Å². The average Bonchev–Trinajstić information content (AvgIpc) is 2.77. The fraction of sp³-hybridized carbons (Fsp3) is 0.308. The number of amides is 1. The highest BCUT2D eigenvalue weighted by Crippen LogP contribution is 2.16. The second kappa shape index (κ2) is 6.53. The van der Waals surface area contributed by atoms with E-state index in [2.05, 4.69) is 15.5 Å². The Hall–Kier alpha value is -1.86. The van der Waals surface area contributed by atoms with Gasteiger partial charge in [-0.2, -0.15) is 0 Å². The molecule has 0 spiro atoms. The Morgan fingerprint density at radius 2 is 2.25 bits per heavy atom. The number of aromatic nitrogens is 3. The van der Waals surface area contributed by atoms with E-state index in [-0.39, 0.29) is 11.7 Å². The van der Waals surface area contributed by atoms with Crippen LogP contribution >= 0.6 is 11.8 Å². The number of nitrogens with zero attached hydrogens (tertiary/aromatic N) is 3. The van der Waals surface area contributed by atoms with Gasteiger partial charge in [0.25, 0.3) is 0 Å². The molecule has 106 valence electrons. The van der Waals surface area contributed by atoms with Gasteiger partial charge in [-0.3, -0.25) is 4.79 Å². The Labute approximate surface area is 121 Å². The van der Waals surface area contributed by atoms with E-state index in [4.69, 9.17) is 5.73 Å². The molecule has 0 saturated heterocycles. The minimum absolute atomic E-state index is 0.0714. The number of rotatable bonds is 5. The van der Waals surface area contributed by atoms with Gasteiger partial charge < -0.3 is 15.6 Å². The molecule has 0 aliphatic rings. The van der Waals surface area contributed by atoms with Crippen molar-refractivity contribution in [1.29, 1.82) is 0 Å². The highest BCUT2D eigenvalue weighted by atomic mass is 32.2. The first-order valence-corrected chi connectivity index (χ1v) is 7.16. The van der Waals surface area contributed by atoms with Crippen molar-refractivity contribution in [3.8, 4) is 0 Å². The predicted molar refractivity (Wildman–Crippen MR) is 79.4 cm³/mol. The quantitative estimate of drug-likeness (QED) is 0.811. The van der Waals surface area contributed by atoms with Gasteiger partial charge in [0.2, 0.25) is 5.91 Å². The third-order valence-electron chi connectivity index (χ3n) is 2.74. The third-order valence-corrected chi connectivity index (χ3v) is 3.76. The van der Waals surface area contributed by atoms with Crippen LogP contribution in [0.1, 0.15) is 11.4 Å². The lowest BCUT2D eigenvalue weighted by Crippen LogP contribution is -2.14. The van der Waals surface area contributed by atoms with E-state index in [0.29, 0.717) is 17.5 Å². The van der Waals surface area contributed by atoms with Gasteiger partial charge in [-0.05, 0) is 24.6 Å². The zero-order chi connectivity index (χ0) is 14.5. The highest BCUT2D eigenvalue weighted by Gasteiger charge is 2.10. The van der Waals surface area contributed by atoms with Crippen molar-refractivity contribution >= 4 is 23.4 Å². The van der Waals surface area contributed by atoms with Crippen molar-refractivity contribution in [3.05, 3.63) is 35.7 Å². The molecule has 0 radical (unpaired) electrons. The maximum absolute atomic E-state index is 11.9. The van der Waals surface area contributed by atoms with Crippen molar-refractivity contribution < 1.29 is 4.79 Å². The number of nitrogens with one attached hydrogen (secondary N) is 1. The van der Waals surface area contributed by atoms with Crippen LogP contribution in [0.15, 0.2) is 29.4 Å². The molecule has 6 nitrogen and oxygen atoms in total. The first kappa shape index (κ1) is 14.5. The summed E-state index contributed by atoms with van der Waals surface area (Å²) in [6, 6.07) is 7.69. The fourth-order valence-corrected chi connectivity index (χ4v) is 2.43. The molecule has 3 N–H and O–H groups in total. The molecule has 1 amide bonds. The molecule has 0 atom stereocenters. The Bertz CT molecular complexity index is 611. The van der Waals surface area contributed by atoms with Gasteiger partial charge in [-0.25, -0.2) is 0 Å². The van der Waals surface area contributed by atoms with Crippen LogP contribution in [0, 0.1) is 6.92 Å². The van der Waals surface area contributed by atoms with Gasteiger partial charge in [-0.15, -0.1) is 10.2 Å². The zero-order valence-electron chi connectivity index (χ0n) is 11.5. The van der Waals surface area contributed by atoms with Crippen LogP contribution in [-0.2, 0) is 18.4 Å². The summed E-state index contributed by atoms with van der Waals surface area (Å²) in [5.41, 5.74) is 7.43. The van der Waals surface area contributed by atoms with Crippen LogP contribution in [0.5, 0.6) is 0 Å². The van der Waals surface area contributed by atoms with Crippen molar-refractivity contribution in [1.82, 2.24) is 14.8 Å². The smallest absolute Gasteiger partial charge is 0.234 e. The zero-order valence-corrected chi connectivity index (χ0v) is 12.3. The first-order valence-electron chi connectivity index (χ1n) is 6.18. The van der Waals surface area contributed by atoms with Crippen LogP contribution < -0.4 is 11.1 Å². The molecule has 0 fully saturated rings. The highest BCUT2D eigenvalue weighted by molar-refractivity contribution is 7.99. The number of anilines is 1. The van der Waals surface area contributed by atoms with Gasteiger partial charge in [0.05, 0.1) is 12.3 Å². The number of hydrogen-bond acceptors (Lipinski definition) is 5. The molecule has 1 aromatic heterocycles. The summed E-state index contributed by atoms with van der Waals surface area (Å²) in [5.74, 6) is 0.911. The largest absolute Gasteiger partial charge is 0.325 e. The van der Waals surface area contributed by atoms with Gasteiger partial charge in [-0.1, -0.05) is 23.9 Å². The SMILES string of the molecule is Cc1cccc(NC(=O)CSc2nnc(CN)n2C)c1. The Kier molecular flexibility index (Phi) is 4.75. The number of carbonyl (C=O) groups excluding carboxylic acids is 1. The normalized spacial score (nSPS) is 10.6. The molecule has 2 rings (SSSR count). The second-order valence-corrected chi connectivity index (χ2v) is 5.31. The summed E-state index contributed by atoms with van der Waals surface area (Å²) in [5, 5.41) is 11.5. The third kappa shape index (κ3) is 3.58. The lowest BCUT2D eigenvalue weighted by molar-refractivity contribution is -0.113. The van der Waals surface area contributed by atoms with Gasteiger partial charge in [0.15, 0.2) is 5.16 Å². The van der Waals surface area contributed by atoms with Gasteiger partial charge >= 0.3 is 0 Å². The van der Waals surface area contributed by atoms with Crippen LogP contribution in [0.3, 0.4) is 0 Å². The van der Waals surface area contributed by atoms with Gasteiger partial charge in [0.1, 0.15) is 5.82 Å². The van der Waals surface area contributed by atoms with Gasteiger partial charge in [0, 0.05) is 12.7 Å².